The van der Waals surface area contributed by atoms with E-state index in [1.165, 1.54) is 0 Å². The van der Waals surface area contributed by atoms with Crippen molar-refractivity contribution in [2.45, 2.75) is 9.92 Å². The van der Waals surface area contributed by atoms with Gasteiger partial charge in [-0.25, -0.2) is 4.98 Å². The Morgan fingerprint density at radius 1 is 1.22 bits per heavy atom. The number of aromatic nitrogens is 3. The molecule has 2 aromatic heterocycles. The monoisotopic (exact) mass is 256 g/mol. The van der Waals surface area contributed by atoms with Gasteiger partial charge in [0, 0.05) is 24.3 Å². The smallest absolute Gasteiger partial charge is 0.102 e. The molecule has 18 heavy (non-hydrogen) atoms. The highest BCUT2D eigenvalue weighted by Crippen LogP contribution is 2.27. The van der Waals surface area contributed by atoms with Gasteiger partial charge in [0.15, 0.2) is 0 Å². The number of benzene rings is 1. The number of pyridine rings is 1. The molecule has 5 heteroatoms. The Hall–Kier alpha value is -2.01. The fourth-order valence-electron chi connectivity index (χ4n) is 1.75. The van der Waals surface area contributed by atoms with Crippen LogP contribution in [0.5, 0.6) is 0 Å². The Labute approximate surface area is 109 Å². The molecule has 4 nitrogen and oxygen atoms in total. The molecule has 0 aliphatic heterocycles. The number of hydrogen-bond acceptors (Lipinski definition) is 4. The third-order valence-corrected chi connectivity index (χ3v) is 3.47. The first-order valence-corrected chi connectivity index (χ1v) is 6.35. The maximum Gasteiger partial charge on any atom is 0.102 e. The lowest BCUT2D eigenvalue weighted by atomic mass is 10.2. The predicted octanol–water partition coefficient (Wildman–Crippen LogP) is 2.70. The fraction of sp³-hybridized carbons (Fsp3) is 0.0769. The third kappa shape index (κ3) is 2.17. The molecule has 1 aromatic carbocycles. The van der Waals surface area contributed by atoms with Crippen LogP contribution in [0, 0.1) is 0 Å². The molecule has 0 fully saturated rings. The minimum atomic E-state index is 0.761. The van der Waals surface area contributed by atoms with Crippen LogP contribution in [-0.2, 0) is 7.05 Å². The average molecular weight is 256 g/mol. The molecule has 90 valence electrons. The first-order valence-electron chi connectivity index (χ1n) is 5.53. The Kier molecular flexibility index (Phi) is 2.68. The lowest BCUT2D eigenvalue weighted by Gasteiger charge is -2.02. The highest BCUT2D eigenvalue weighted by atomic mass is 32.2. The van der Waals surface area contributed by atoms with Crippen LogP contribution in [0.3, 0.4) is 0 Å². The van der Waals surface area contributed by atoms with Crippen LogP contribution in [0.15, 0.2) is 52.6 Å². The van der Waals surface area contributed by atoms with Crippen molar-refractivity contribution >= 4 is 28.4 Å². The highest BCUT2D eigenvalue weighted by molar-refractivity contribution is 7.99. The Bertz CT molecular complexity index is 705. The van der Waals surface area contributed by atoms with Crippen LogP contribution in [0.2, 0.25) is 0 Å². The van der Waals surface area contributed by atoms with Gasteiger partial charge in [0.25, 0.3) is 0 Å². The summed E-state index contributed by atoms with van der Waals surface area (Å²) in [6.45, 7) is 0. The summed E-state index contributed by atoms with van der Waals surface area (Å²) in [5.74, 6) is 0. The van der Waals surface area contributed by atoms with E-state index in [0.717, 1.165) is 26.5 Å². The quantitative estimate of drug-likeness (QED) is 0.716. The number of hydrogen-bond donors (Lipinski definition) is 1. The Morgan fingerprint density at radius 2 is 2.11 bits per heavy atom. The second-order valence-corrected chi connectivity index (χ2v) is 5.15. The van der Waals surface area contributed by atoms with Crippen LogP contribution in [0.4, 0.5) is 5.69 Å². The lowest BCUT2D eigenvalue weighted by Crippen LogP contribution is -1.86. The summed E-state index contributed by atoms with van der Waals surface area (Å²) < 4.78 is 1.78. The summed E-state index contributed by atoms with van der Waals surface area (Å²) in [6.07, 6.45) is 3.80. The number of fused-ring (bicyclic) bond motifs is 1. The summed E-state index contributed by atoms with van der Waals surface area (Å²) in [6, 6.07) is 9.78. The number of nitrogen functional groups attached to an aromatic ring is 1. The van der Waals surface area contributed by atoms with E-state index < -0.39 is 0 Å². The van der Waals surface area contributed by atoms with Crippen molar-refractivity contribution in [2.24, 2.45) is 7.05 Å². The number of rotatable bonds is 2. The number of aryl methyl sites for hydroxylation is 1. The van der Waals surface area contributed by atoms with Gasteiger partial charge in [0.05, 0.1) is 16.6 Å². The number of nitrogens with two attached hydrogens (primary N) is 1. The minimum absolute atomic E-state index is 0.761. The van der Waals surface area contributed by atoms with Crippen LogP contribution >= 0.6 is 11.8 Å². The third-order valence-electron chi connectivity index (χ3n) is 2.59. The Morgan fingerprint density at radius 3 is 2.89 bits per heavy atom. The summed E-state index contributed by atoms with van der Waals surface area (Å²) >= 11 is 1.60. The van der Waals surface area contributed by atoms with Crippen LogP contribution in [-0.4, -0.2) is 14.8 Å². The molecule has 0 saturated carbocycles. The SMILES string of the molecule is Cn1cc(Sc2ccc3cc(N)ccc3n2)cn1. The highest BCUT2D eigenvalue weighted by Gasteiger charge is 2.03. The summed E-state index contributed by atoms with van der Waals surface area (Å²) in [4.78, 5) is 5.67. The van der Waals surface area contributed by atoms with Gasteiger partial charge in [0.2, 0.25) is 0 Å². The maximum atomic E-state index is 5.74. The van der Waals surface area contributed by atoms with Crippen molar-refractivity contribution in [3.8, 4) is 0 Å². The van der Waals surface area contributed by atoms with Gasteiger partial charge in [-0.2, -0.15) is 5.10 Å². The molecular formula is C13H12N4S. The topological polar surface area (TPSA) is 56.7 Å². The molecule has 0 amide bonds. The maximum absolute atomic E-state index is 5.74. The van der Waals surface area contributed by atoms with E-state index in [1.54, 1.807) is 16.4 Å². The van der Waals surface area contributed by atoms with E-state index in [1.807, 2.05) is 49.8 Å². The van der Waals surface area contributed by atoms with Crippen molar-refractivity contribution in [1.82, 2.24) is 14.8 Å². The zero-order valence-electron chi connectivity index (χ0n) is 9.87. The van der Waals surface area contributed by atoms with Crippen molar-refractivity contribution in [1.29, 1.82) is 0 Å². The molecule has 0 saturated heterocycles. The van der Waals surface area contributed by atoms with Gasteiger partial charge in [-0.3, -0.25) is 4.68 Å². The van der Waals surface area contributed by atoms with Gasteiger partial charge >= 0.3 is 0 Å². The molecule has 0 aliphatic carbocycles. The van der Waals surface area contributed by atoms with E-state index in [-0.39, 0.29) is 0 Å². The molecule has 3 aromatic rings. The van der Waals surface area contributed by atoms with Gasteiger partial charge in [-0.1, -0.05) is 17.8 Å². The molecule has 0 aliphatic rings. The van der Waals surface area contributed by atoms with Crippen molar-refractivity contribution < 1.29 is 0 Å². The minimum Gasteiger partial charge on any atom is -0.399 e. The second kappa shape index (κ2) is 4.34. The van der Waals surface area contributed by atoms with Gasteiger partial charge in [0.1, 0.15) is 5.03 Å². The standard InChI is InChI=1S/C13H12N4S/c1-17-8-11(7-15-17)18-13-5-2-9-6-10(14)3-4-12(9)16-13/h2-8H,14H2,1H3. The largest absolute Gasteiger partial charge is 0.399 e. The number of anilines is 1. The van der Waals surface area contributed by atoms with E-state index >= 15 is 0 Å². The molecule has 0 radical (unpaired) electrons. The van der Waals surface area contributed by atoms with Crippen LogP contribution in [0.25, 0.3) is 10.9 Å². The Balaban J connectivity index is 1.96. The average Bonchev–Trinajstić information content (AvgIpc) is 2.75. The van der Waals surface area contributed by atoms with Crippen molar-refractivity contribution in [3.05, 3.63) is 42.7 Å². The van der Waals surface area contributed by atoms with E-state index in [9.17, 15) is 0 Å². The van der Waals surface area contributed by atoms with E-state index in [0.29, 0.717) is 0 Å². The van der Waals surface area contributed by atoms with Crippen LogP contribution in [0.1, 0.15) is 0 Å². The molecule has 0 atom stereocenters. The molecule has 2 N–H and O–H groups in total. The van der Waals surface area contributed by atoms with Gasteiger partial charge in [-0.05, 0) is 24.3 Å². The van der Waals surface area contributed by atoms with E-state index in [4.69, 9.17) is 5.73 Å². The van der Waals surface area contributed by atoms with Gasteiger partial charge < -0.3 is 5.73 Å². The molecule has 3 rings (SSSR count). The van der Waals surface area contributed by atoms with Crippen molar-refractivity contribution in [3.63, 3.8) is 0 Å². The molecule has 0 unspecified atom stereocenters. The zero-order valence-corrected chi connectivity index (χ0v) is 10.7. The van der Waals surface area contributed by atoms with Crippen LogP contribution < -0.4 is 5.73 Å². The zero-order chi connectivity index (χ0) is 12.5. The first-order chi connectivity index (χ1) is 8.70. The molecule has 2 heterocycles. The predicted molar refractivity (Wildman–Crippen MR) is 73.5 cm³/mol. The molecule has 0 bridgehead atoms. The lowest BCUT2D eigenvalue weighted by molar-refractivity contribution is 0.766. The summed E-state index contributed by atoms with van der Waals surface area (Å²) in [7, 11) is 1.90. The van der Waals surface area contributed by atoms with Crippen molar-refractivity contribution in [2.75, 3.05) is 5.73 Å². The number of nitrogens with zero attached hydrogens (tertiary/aromatic N) is 3. The first kappa shape index (κ1) is 11.1. The van der Waals surface area contributed by atoms with Gasteiger partial charge in [-0.15, -0.1) is 0 Å². The summed E-state index contributed by atoms with van der Waals surface area (Å²) in [5, 5.41) is 6.16. The van der Waals surface area contributed by atoms with E-state index in [2.05, 4.69) is 10.1 Å². The normalized spacial score (nSPS) is 10.9. The second-order valence-electron chi connectivity index (χ2n) is 4.05. The fourth-order valence-corrected chi connectivity index (χ4v) is 2.58. The molecule has 0 spiro atoms. The summed E-state index contributed by atoms with van der Waals surface area (Å²) in [5.41, 5.74) is 7.46. The molecular weight excluding hydrogens is 244 g/mol.